The van der Waals surface area contributed by atoms with E-state index in [1.165, 1.54) is 12.1 Å². The number of nitrogens with zero attached hydrogens (tertiary/aromatic N) is 5. The molecule has 0 spiro atoms. The second-order valence-corrected chi connectivity index (χ2v) is 6.93. The van der Waals surface area contributed by atoms with Crippen molar-refractivity contribution in [3.05, 3.63) is 65.8 Å². The summed E-state index contributed by atoms with van der Waals surface area (Å²) in [4.78, 5) is 18.1. The van der Waals surface area contributed by atoms with E-state index in [1.54, 1.807) is 34.8 Å². The second-order valence-electron chi connectivity index (χ2n) is 6.93. The number of carbonyl (C=O) groups excluding carboxylic acids is 1. The van der Waals surface area contributed by atoms with Gasteiger partial charge in [-0.2, -0.15) is 5.10 Å². The van der Waals surface area contributed by atoms with Gasteiger partial charge in [0.15, 0.2) is 0 Å². The molecule has 10 nitrogen and oxygen atoms in total. The summed E-state index contributed by atoms with van der Waals surface area (Å²) in [5.41, 5.74) is 9.91. The molecule has 0 radical (unpaired) electrons. The minimum atomic E-state index is -0.395. The van der Waals surface area contributed by atoms with Gasteiger partial charge in [0.1, 0.15) is 30.2 Å². The first-order chi connectivity index (χ1) is 14.7. The van der Waals surface area contributed by atoms with Crippen LogP contribution in [0.2, 0.25) is 0 Å². The van der Waals surface area contributed by atoms with Gasteiger partial charge in [-0.3, -0.25) is 20.3 Å². The zero-order valence-electron chi connectivity index (χ0n) is 15.9. The number of nitrogens with one attached hydrogen (secondary N) is 3. The molecule has 0 unspecified atom stereocenters. The number of aromatic amines is 1. The molecule has 0 aliphatic carbocycles. The number of carbonyl (C=O) groups is 1. The molecule has 0 saturated carbocycles. The molecular weight excluding hydrogens is 391 g/mol. The van der Waals surface area contributed by atoms with Crippen LogP contribution in [0.3, 0.4) is 0 Å². The number of benzene rings is 1. The van der Waals surface area contributed by atoms with Crippen molar-refractivity contribution in [1.82, 2.24) is 25.6 Å². The molecule has 11 heteroatoms. The molecule has 1 aromatic heterocycles. The molecule has 5 rings (SSSR count). The van der Waals surface area contributed by atoms with E-state index in [9.17, 15) is 9.18 Å². The molecule has 4 heterocycles. The maximum atomic E-state index is 14.3. The van der Waals surface area contributed by atoms with Crippen LogP contribution in [0.15, 0.2) is 59.4 Å². The Kier molecular flexibility index (Phi) is 4.56. The van der Waals surface area contributed by atoms with Crippen molar-refractivity contribution >= 4 is 23.6 Å². The summed E-state index contributed by atoms with van der Waals surface area (Å²) in [7, 11) is 0. The highest BCUT2D eigenvalue weighted by Gasteiger charge is 2.25. The van der Waals surface area contributed by atoms with Gasteiger partial charge in [0.2, 0.25) is 0 Å². The Balaban J connectivity index is 1.34. The SMILES string of the molecule is O=C1COCCN1c1cc(F)cc(CN2NC=C3N=CN(Nc4cn[nH]c4)C=C32)c1. The Bertz CT molecular complexity index is 1050. The number of aromatic nitrogens is 2. The van der Waals surface area contributed by atoms with Crippen LogP contribution in [0.4, 0.5) is 15.8 Å². The topological polar surface area (TPSA) is 101 Å². The molecule has 3 aliphatic rings. The standard InChI is InChI=1S/C19H19FN8O2/c20-14-3-13(4-16(5-14)27-1-2-30-11-19(27)29)9-28-18-10-26(12-21-17(18)8-24-28)25-15-6-22-23-7-15/h3-8,10,12,24-25H,1-2,9,11H2,(H,22,23). The van der Waals surface area contributed by atoms with E-state index in [0.29, 0.717) is 25.4 Å². The Morgan fingerprint density at radius 2 is 2.23 bits per heavy atom. The first-order valence-electron chi connectivity index (χ1n) is 9.37. The normalized spacial score (nSPS) is 18.2. The lowest BCUT2D eigenvalue weighted by atomic mass is 10.1. The third-order valence-electron chi connectivity index (χ3n) is 4.83. The number of hydrogen-bond acceptors (Lipinski definition) is 8. The molecule has 1 amide bonds. The molecule has 154 valence electrons. The van der Waals surface area contributed by atoms with Crippen molar-refractivity contribution in [3.63, 3.8) is 0 Å². The number of fused-ring (bicyclic) bond motifs is 1. The summed E-state index contributed by atoms with van der Waals surface area (Å²) in [5, 5.41) is 10.2. The average molecular weight is 410 g/mol. The number of amides is 1. The Morgan fingerprint density at radius 3 is 3.07 bits per heavy atom. The lowest BCUT2D eigenvalue weighted by molar-refractivity contribution is -0.125. The van der Waals surface area contributed by atoms with E-state index in [0.717, 1.165) is 22.6 Å². The summed E-state index contributed by atoms with van der Waals surface area (Å²) < 4.78 is 19.5. The Hall–Kier alpha value is -3.86. The van der Waals surface area contributed by atoms with Crippen molar-refractivity contribution in [3.8, 4) is 0 Å². The predicted molar refractivity (Wildman–Crippen MR) is 107 cm³/mol. The zero-order chi connectivity index (χ0) is 20.5. The molecule has 3 aliphatic heterocycles. The van der Waals surface area contributed by atoms with E-state index in [-0.39, 0.29) is 12.5 Å². The highest BCUT2D eigenvalue weighted by Crippen LogP contribution is 2.27. The number of anilines is 2. The van der Waals surface area contributed by atoms with Crippen molar-refractivity contribution in [1.29, 1.82) is 0 Å². The Labute approximate surface area is 171 Å². The van der Waals surface area contributed by atoms with Crippen molar-refractivity contribution < 1.29 is 13.9 Å². The van der Waals surface area contributed by atoms with Crippen molar-refractivity contribution in [2.45, 2.75) is 6.54 Å². The van der Waals surface area contributed by atoms with E-state index < -0.39 is 5.82 Å². The van der Waals surface area contributed by atoms with E-state index in [4.69, 9.17) is 4.74 Å². The fourth-order valence-electron chi connectivity index (χ4n) is 3.46. The maximum Gasteiger partial charge on any atom is 0.253 e. The summed E-state index contributed by atoms with van der Waals surface area (Å²) >= 11 is 0. The van der Waals surface area contributed by atoms with Crippen LogP contribution in [0, 0.1) is 5.82 Å². The molecule has 30 heavy (non-hydrogen) atoms. The number of morpholine rings is 1. The maximum absolute atomic E-state index is 14.3. The fourth-order valence-corrected chi connectivity index (χ4v) is 3.46. The number of rotatable bonds is 5. The van der Waals surface area contributed by atoms with E-state index in [2.05, 4.69) is 26.0 Å². The van der Waals surface area contributed by atoms with Gasteiger partial charge in [0.25, 0.3) is 5.91 Å². The summed E-state index contributed by atoms with van der Waals surface area (Å²) in [5.74, 6) is -0.570. The largest absolute Gasteiger partial charge is 0.370 e. The zero-order valence-corrected chi connectivity index (χ0v) is 15.9. The van der Waals surface area contributed by atoms with Gasteiger partial charge in [-0.1, -0.05) is 0 Å². The quantitative estimate of drug-likeness (QED) is 0.683. The first kappa shape index (κ1) is 18.2. The van der Waals surface area contributed by atoms with Crippen molar-refractivity contribution in [2.75, 3.05) is 30.1 Å². The van der Waals surface area contributed by atoms with Gasteiger partial charge in [-0.15, -0.1) is 0 Å². The minimum Gasteiger partial charge on any atom is -0.370 e. The predicted octanol–water partition coefficient (Wildman–Crippen LogP) is 1.29. The fraction of sp³-hybridized carbons (Fsp3) is 0.211. The monoisotopic (exact) mass is 410 g/mol. The summed E-state index contributed by atoms with van der Waals surface area (Å²) in [6.07, 6.45) is 8.69. The average Bonchev–Trinajstić information content (AvgIpc) is 3.38. The summed E-state index contributed by atoms with van der Waals surface area (Å²) in [6, 6.07) is 4.65. The number of hydrogen-bond donors (Lipinski definition) is 3. The van der Waals surface area contributed by atoms with Crippen molar-refractivity contribution in [2.24, 2.45) is 4.99 Å². The highest BCUT2D eigenvalue weighted by atomic mass is 19.1. The van der Waals surface area contributed by atoms with Gasteiger partial charge in [-0.25, -0.2) is 14.4 Å². The second kappa shape index (κ2) is 7.52. The first-order valence-corrected chi connectivity index (χ1v) is 9.37. The summed E-state index contributed by atoms with van der Waals surface area (Å²) in [6.45, 7) is 1.23. The van der Waals surface area contributed by atoms with Crippen LogP contribution >= 0.6 is 0 Å². The van der Waals surface area contributed by atoms with Crippen LogP contribution in [0.25, 0.3) is 0 Å². The number of ether oxygens (including phenoxy) is 1. The molecule has 1 aromatic carbocycles. The third kappa shape index (κ3) is 3.57. The number of halogens is 1. The van der Waals surface area contributed by atoms with Crippen LogP contribution in [0.5, 0.6) is 0 Å². The lowest BCUT2D eigenvalue weighted by Crippen LogP contribution is -2.41. The molecule has 3 N–H and O–H groups in total. The van der Waals surface area contributed by atoms with Crippen LogP contribution < -0.4 is 15.8 Å². The molecular formula is C19H19FN8O2. The van der Waals surface area contributed by atoms with E-state index >= 15 is 0 Å². The minimum absolute atomic E-state index is 0.0111. The number of H-pyrrole nitrogens is 1. The van der Waals surface area contributed by atoms with E-state index in [1.807, 2.05) is 17.3 Å². The number of aliphatic imine (C=N–C) groups is 1. The van der Waals surface area contributed by atoms with Gasteiger partial charge < -0.3 is 15.1 Å². The van der Waals surface area contributed by atoms with Gasteiger partial charge >= 0.3 is 0 Å². The van der Waals surface area contributed by atoms with Gasteiger partial charge in [-0.05, 0) is 23.8 Å². The molecule has 0 bridgehead atoms. The molecule has 1 saturated heterocycles. The van der Waals surface area contributed by atoms with Gasteiger partial charge in [0, 0.05) is 24.6 Å². The Morgan fingerprint density at radius 1 is 1.30 bits per heavy atom. The molecule has 0 atom stereocenters. The molecule has 2 aromatic rings. The lowest BCUT2D eigenvalue weighted by Gasteiger charge is -2.28. The van der Waals surface area contributed by atoms with Crippen LogP contribution in [0.1, 0.15) is 5.56 Å². The number of hydrazine groups is 2. The highest BCUT2D eigenvalue weighted by molar-refractivity contribution is 5.94. The smallest absolute Gasteiger partial charge is 0.253 e. The van der Waals surface area contributed by atoms with Gasteiger partial charge in [0.05, 0.1) is 31.2 Å². The third-order valence-corrected chi connectivity index (χ3v) is 4.83. The molecule has 1 fully saturated rings. The van der Waals surface area contributed by atoms with Crippen LogP contribution in [-0.2, 0) is 16.1 Å². The van der Waals surface area contributed by atoms with Crippen LogP contribution in [-0.4, -0.2) is 52.2 Å².